The van der Waals surface area contributed by atoms with E-state index >= 15 is 0 Å². The molecule has 2 aromatic rings. The number of likely N-dealkylation sites (tertiary alicyclic amines) is 1. The first kappa shape index (κ1) is 14.8. The molecule has 0 bridgehead atoms. The van der Waals surface area contributed by atoms with Crippen LogP contribution in [0.5, 0.6) is 0 Å². The highest BCUT2D eigenvalue weighted by Crippen LogP contribution is 2.39. The number of thiophene rings is 1. The number of nitrogens with zero attached hydrogens (tertiary/aromatic N) is 2. The number of aromatic nitrogens is 1. The average Bonchev–Trinajstić information content (AvgIpc) is 3.19. The smallest absolute Gasteiger partial charge is 0.228 e. The molecule has 5 heteroatoms. The lowest BCUT2D eigenvalue weighted by Gasteiger charge is -2.39. The molecule has 2 aliphatic rings. The van der Waals surface area contributed by atoms with Crippen molar-refractivity contribution in [2.24, 2.45) is 0 Å². The Morgan fingerprint density at radius 1 is 1.26 bits per heavy atom. The summed E-state index contributed by atoms with van der Waals surface area (Å²) < 4.78 is 0. The van der Waals surface area contributed by atoms with Crippen molar-refractivity contribution in [3.63, 3.8) is 0 Å². The molecule has 0 aliphatic carbocycles. The lowest BCUT2D eigenvalue weighted by molar-refractivity contribution is -0.121. The maximum atomic E-state index is 12.4. The molecule has 2 fully saturated rings. The van der Waals surface area contributed by atoms with Crippen LogP contribution in [0.4, 0.5) is 0 Å². The molecule has 4 rings (SSSR count). The minimum absolute atomic E-state index is 0.00380. The van der Waals surface area contributed by atoms with E-state index in [1.165, 1.54) is 5.56 Å². The van der Waals surface area contributed by atoms with Gasteiger partial charge in [0, 0.05) is 37.6 Å². The van der Waals surface area contributed by atoms with E-state index in [0.29, 0.717) is 0 Å². The zero-order chi connectivity index (χ0) is 15.7. The molecule has 1 amide bonds. The van der Waals surface area contributed by atoms with Crippen LogP contribution in [0.3, 0.4) is 0 Å². The lowest BCUT2D eigenvalue weighted by atomic mass is 9.82. The predicted molar refractivity (Wildman–Crippen MR) is 91.3 cm³/mol. The number of carbonyl (C=O) groups excluding carboxylic acids is 1. The zero-order valence-electron chi connectivity index (χ0n) is 13.1. The standard InChI is InChI=1S/C18H21N3OS/c22-17-16(15-1-6-19-7-2-15)11-18(20-17)4-8-21(9-5-18)12-14-3-10-23-13-14/h1-3,6-7,10,13,16H,4-5,8-9,11-12H2,(H,20,22)/t16-/m1/s1. The van der Waals surface area contributed by atoms with E-state index < -0.39 is 0 Å². The van der Waals surface area contributed by atoms with Crippen molar-refractivity contribution < 1.29 is 4.79 Å². The summed E-state index contributed by atoms with van der Waals surface area (Å²) in [5.74, 6) is 0.170. The number of rotatable bonds is 3. The molecule has 23 heavy (non-hydrogen) atoms. The number of carbonyl (C=O) groups is 1. The maximum absolute atomic E-state index is 12.4. The Morgan fingerprint density at radius 2 is 2.04 bits per heavy atom. The summed E-state index contributed by atoms with van der Waals surface area (Å²) in [5, 5.41) is 7.67. The Hall–Kier alpha value is -1.72. The number of amides is 1. The number of hydrogen-bond donors (Lipinski definition) is 1. The van der Waals surface area contributed by atoms with Crippen molar-refractivity contribution in [1.29, 1.82) is 0 Å². The quantitative estimate of drug-likeness (QED) is 0.943. The highest BCUT2D eigenvalue weighted by atomic mass is 32.1. The summed E-state index contributed by atoms with van der Waals surface area (Å²) in [6.45, 7) is 3.14. The van der Waals surface area contributed by atoms with Crippen molar-refractivity contribution in [3.8, 4) is 0 Å². The molecule has 0 unspecified atom stereocenters. The molecule has 1 atom stereocenters. The second kappa shape index (κ2) is 6.06. The van der Waals surface area contributed by atoms with Crippen LogP contribution >= 0.6 is 11.3 Å². The van der Waals surface area contributed by atoms with Crippen molar-refractivity contribution in [2.45, 2.75) is 37.3 Å². The molecule has 0 radical (unpaired) electrons. The van der Waals surface area contributed by atoms with Gasteiger partial charge in [-0.3, -0.25) is 14.7 Å². The van der Waals surface area contributed by atoms with Gasteiger partial charge in [-0.2, -0.15) is 11.3 Å². The maximum Gasteiger partial charge on any atom is 0.228 e. The molecule has 120 valence electrons. The van der Waals surface area contributed by atoms with Gasteiger partial charge in [0.1, 0.15) is 0 Å². The first-order valence-corrected chi connectivity index (χ1v) is 9.14. The molecule has 0 saturated carbocycles. The van der Waals surface area contributed by atoms with Gasteiger partial charge in [-0.1, -0.05) is 0 Å². The third-order valence-corrected chi connectivity index (χ3v) is 5.94. The van der Waals surface area contributed by atoms with E-state index in [2.05, 4.69) is 32.0 Å². The Labute approximate surface area is 140 Å². The monoisotopic (exact) mass is 327 g/mol. The van der Waals surface area contributed by atoms with Gasteiger partial charge < -0.3 is 5.32 Å². The third kappa shape index (κ3) is 3.03. The van der Waals surface area contributed by atoms with Crippen molar-refractivity contribution in [3.05, 3.63) is 52.5 Å². The van der Waals surface area contributed by atoms with Crippen LogP contribution in [0.15, 0.2) is 41.4 Å². The normalized spacial score (nSPS) is 24.0. The predicted octanol–water partition coefficient (Wildman–Crippen LogP) is 2.78. The summed E-state index contributed by atoms with van der Waals surface area (Å²) in [6, 6.07) is 6.13. The molecule has 0 aromatic carbocycles. The minimum atomic E-state index is -0.0126. The fourth-order valence-corrected chi connectivity index (χ4v) is 4.52. The summed E-state index contributed by atoms with van der Waals surface area (Å²) in [6.07, 6.45) is 6.56. The van der Waals surface area contributed by atoms with Crippen LogP contribution in [-0.4, -0.2) is 34.4 Å². The fourth-order valence-electron chi connectivity index (χ4n) is 3.86. The van der Waals surface area contributed by atoms with Crippen molar-refractivity contribution in [1.82, 2.24) is 15.2 Å². The Morgan fingerprint density at radius 3 is 2.74 bits per heavy atom. The van der Waals surface area contributed by atoms with Crippen LogP contribution in [0, 0.1) is 0 Å². The molecular weight excluding hydrogens is 306 g/mol. The van der Waals surface area contributed by atoms with E-state index in [9.17, 15) is 4.79 Å². The van der Waals surface area contributed by atoms with Crippen LogP contribution in [-0.2, 0) is 11.3 Å². The van der Waals surface area contributed by atoms with E-state index in [1.807, 2.05) is 12.1 Å². The molecule has 1 spiro atoms. The van der Waals surface area contributed by atoms with Gasteiger partial charge in [0.25, 0.3) is 0 Å². The topological polar surface area (TPSA) is 45.2 Å². The molecule has 4 nitrogen and oxygen atoms in total. The lowest BCUT2D eigenvalue weighted by Crippen LogP contribution is -2.50. The van der Waals surface area contributed by atoms with Crippen molar-refractivity contribution >= 4 is 17.2 Å². The first-order valence-electron chi connectivity index (χ1n) is 8.20. The SMILES string of the molecule is O=C1NC2(CCN(Cc3ccsc3)CC2)C[C@@H]1c1ccncc1. The van der Waals surface area contributed by atoms with Gasteiger partial charge >= 0.3 is 0 Å². The molecule has 2 aromatic heterocycles. The number of nitrogens with one attached hydrogen (secondary N) is 1. The molecule has 1 N–H and O–H groups in total. The van der Waals surface area contributed by atoms with E-state index in [0.717, 1.165) is 44.5 Å². The molecule has 2 aliphatic heterocycles. The Balaban J connectivity index is 1.40. The van der Waals surface area contributed by atoms with Crippen LogP contribution < -0.4 is 5.32 Å². The van der Waals surface area contributed by atoms with Gasteiger partial charge in [-0.15, -0.1) is 0 Å². The van der Waals surface area contributed by atoms with Crippen molar-refractivity contribution in [2.75, 3.05) is 13.1 Å². The Bertz CT molecular complexity index is 663. The highest BCUT2D eigenvalue weighted by molar-refractivity contribution is 7.07. The minimum Gasteiger partial charge on any atom is -0.350 e. The highest BCUT2D eigenvalue weighted by Gasteiger charge is 2.46. The van der Waals surface area contributed by atoms with Crippen LogP contribution in [0.1, 0.15) is 36.3 Å². The largest absolute Gasteiger partial charge is 0.350 e. The van der Waals surface area contributed by atoms with Gasteiger partial charge in [-0.05, 0) is 59.3 Å². The van der Waals surface area contributed by atoms with E-state index in [-0.39, 0.29) is 17.4 Å². The van der Waals surface area contributed by atoms with Gasteiger partial charge in [-0.25, -0.2) is 0 Å². The first-order chi connectivity index (χ1) is 11.2. The Kier molecular flexibility index (Phi) is 3.91. The van der Waals surface area contributed by atoms with Crippen LogP contribution in [0.25, 0.3) is 0 Å². The number of pyridine rings is 1. The number of piperidine rings is 1. The third-order valence-electron chi connectivity index (χ3n) is 5.21. The summed E-state index contributed by atoms with van der Waals surface area (Å²) in [7, 11) is 0. The van der Waals surface area contributed by atoms with Crippen LogP contribution in [0.2, 0.25) is 0 Å². The fraction of sp³-hybridized carbons (Fsp3) is 0.444. The zero-order valence-corrected chi connectivity index (χ0v) is 13.9. The molecule has 4 heterocycles. The number of hydrogen-bond acceptors (Lipinski definition) is 4. The van der Waals surface area contributed by atoms with E-state index in [4.69, 9.17) is 0 Å². The van der Waals surface area contributed by atoms with Gasteiger partial charge in [0.05, 0.1) is 5.92 Å². The second-order valence-electron chi connectivity index (χ2n) is 6.71. The second-order valence-corrected chi connectivity index (χ2v) is 7.49. The molecule has 2 saturated heterocycles. The summed E-state index contributed by atoms with van der Waals surface area (Å²) >= 11 is 1.76. The summed E-state index contributed by atoms with van der Waals surface area (Å²) in [4.78, 5) is 19.0. The van der Waals surface area contributed by atoms with Gasteiger partial charge in [0.15, 0.2) is 0 Å². The molecular formula is C18H21N3OS. The van der Waals surface area contributed by atoms with Gasteiger partial charge in [0.2, 0.25) is 5.91 Å². The average molecular weight is 327 g/mol. The van der Waals surface area contributed by atoms with E-state index in [1.54, 1.807) is 23.7 Å². The summed E-state index contributed by atoms with van der Waals surface area (Å²) in [5.41, 5.74) is 2.49.